The summed E-state index contributed by atoms with van der Waals surface area (Å²) >= 11 is 0. The van der Waals surface area contributed by atoms with Crippen LogP contribution in [0, 0.1) is 0 Å². The first kappa shape index (κ1) is 17.6. The Morgan fingerprint density at radius 2 is 1.58 bits per heavy atom. The van der Waals surface area contributed by atoms with E-state index in [1.807, 2.05) is 24.3 Å². The van der Waals surface area contributed by atoms with Gasteiger partial charge in [-0.1, -0.05) is 12.1 Å². The van der Waals surface area contributed by atoms with Crippen LogP contribution in [0.15, 0.2) is 47.3 Å². The Kier molecular flexibility index (Phi) is 4.99. The second-order valence-electron chi connectivity index (χ2n) is 5.63. The van der Waals surface area contributed by atoms with Crippen molar-refractivity contribution in [1.29, 1.82) is 0 Å². The lowest BCUT2D eigenvalue weighted by molar-refractivity contribution is 0.324. The quantitative estimate of drug-likeness (QED) is 0.708. The maximum atomic E-state index is 12.0. The smallest absolute Gasteiger partial charge is 0.265 e. The van der Waals surface area contributed by atoms with Gasteiger partial charge in [-0.25, -0.2) is 0 Å². The molecular weight excluding hydrogens is 334 g/mol. The average molecular weight is 355 g/mol. The highest BCUT2D eigenvalue weighted by Crippen LogP contribution is 2.41. The molecule has 2 aromatic carbocycles. The van der Waals surface area contributed by atoms with E-state index in [1.54, 1.807) is 38.1 Å². The van der Waals surface area contributed by atoms with Gasteiger partial charge in [0.15, 0.2) is 11.5 Å². The third kappa shape index (κ3) is 3.16. The normalized spacial score (nSPS) is 10.6. The Balaban J connectivity index is 2.17. The fourth-order valence-corrected chi connectivity index (χ4v) is 2.82. The molecule has 0 saturated carbocycles. The van der Waals surface area contributed by atoms with Crippen molar-refractivity contribution in [2.24, 2.45) is 5.73 Å². The molecule has 1 heterocycles. The standard InChI is InChI=1S/C19H21N3O4/c1-24-16-8-13(9-17(25-2)19(16)26-3)15-10-18(23)21-22(15)14-6-4-12(11-20)5-7-14/h4-10H,11,20H2,1-3H3,(H,21,23). The Morgan fingerprint density at radius 3 is 2.08 bits per heavy atom. The summed E-state index contributed by atoms with van der Waals surface area (Å²) in [5.41, 5.74) is 8.69. The molecule has 0 aliphatic carbocycles. The zero-order valence-corrected chi connectivity index (χ0v) is 14.9. The first-order chi connectivity index (χ1) is 12.6. The van der Waals surface area contributed by atoms with Crippen LogP contribution in [0.4, 0.5) is 0 Å². The summed E-state index contributed by atoms with van der Waals surface area (Å²) in [7, 11) is 4.65. The third-order valence-corrected chi connectivity index (χ3v) is 4.12. The topological polar surface area (TPSA) is 91.5 Å². The molecule has 0 bridgehead atoms. The fourth-order valence-electron chi connectivity index (χ4n) is 2.82. The minimum atomic E-state index is -0.211. The summed E-state index contributed by atoms with van der Waals surface area (Å²) in [6, 6.07) is 12.8. The van der Waals surface area contributed by atoms with Crippen molar-refractivity contribution in [3.63, 3.8) is 0 Å². The molecule has 1 aromatic heterocycles. The number of H-pyrrole nitrogens is 1. The molecule has 3 aromatic rings. The predicted octanol–water partition coefficient (Wildman–Crippen LogP) is 2.32. The molecule has 7 nitrogen and oxygen atoms in total. The van der Waals surface area contributed by atoms with Gasteiger partial charge < -0.3 is 19.9 Å². The molecule has 0 unspecified atom stereocenters. The molecule has 0 amide bonds. The lowest BCUT2D eigenvalue weighted by Gasteiger charge is -2.15. The maximum Gasteiger partial charge on any atom is 0.265 e. The number of nitrogens with two attached hydrogens (primary N) is 1. The van der Waals surface area contributed by atoms with Gasteiger partial charge in [-0.15, -0.1) is 0 Å². The van der Waals surface area contributed by atoms with Crippen LogP contribution >= 0.6 is 0 Å². The largest absolute Gasteiger partial charge is 0.493 e. The first-order valence-electron chi connectivity index (χ1n) is 8.03. The SMILES string of the molecule is COc1cc(-c2cc(=O)[nH]n2-c2ccc(CN)cc2)cc(OC)c1OC. The number of methoxy groups -OCH3 is 3. The summed E-state index contributed by atoms with van der Waals surface area (Å²) in [6.45, 7) is 0.461. The lowest BCUT2D eigenvalue weighted by atomic mass is 10.1. The van der Waals surface area contributed by atoms with E-state index >= 15 is 0 Å². The number of aromatic nitrogens is 2. The zero-order valence-electron chi connectivity index (χ0n) is 14.9. The van der Waals surface area contributed by atoms with Gasteiger partial charge in [0, 0.05) is 18.2 Å². The van der Waals surface area contributed by atoms with Gasteiger partial charge in [0.1, 0.15) is 0 Å². The third-order valence-electron chi connectivity index (χ3n) is 4.12. The predicted molar refractivity (Wildman–Crippen MR) is 99.4 cm³/mol. The fraction of sp³-hybridized carbons (Fsp3) is 0.211. The molecule has 0 aliphatic rings. The molecule has 0 atom stereocenters. The van der Waals surface area contributed by atoms with Crippen molar-refractivity contribution >= 4 is 0 Å². The number of rotatable bonds is 6. The molecule has 0 fully saturated rings. The van der Waals surface area contributed by atoms with Crippen LogP contribution in [0.3, 0.4) is 0 Å². The van der Waals surface area contributed by atoms with Gasteiger partial charge in [-0.05, 0) is 29.8 Å². The maximum absolute atomic E-state index is 12.0. The minimum Gasteiger partial charge on any atom is -0.493 e. The van der Waals surface area contributed by atoms with Crippen LogP contribution in [-0.4, -0.2) is 31.1 Å². The van der Waals surface area contributed by atoms with Gasteiger partial charge in [-0.2, -0.15) is 0 Å². The highest BCUT2D eigenvalue weighted by molar-refractivity contribution is 5.70. The highest BCUT2D eigenvalue weighted by Gasteiger charge is 2.17. The Morgan fingerprint density at radius 1 is 0.962 bits per heavy atom. The van der Waals surface area contributed by atoms with Crippen LogP contribution in [0.25, 0.3) is 16.9 Å². The van der Waals surface area contributed by atoms with Crippen LogP contribution in [0.5, 0.6) is 17.2 Å². The summed E-state index contributed by atoms with van der Waals surface area (Å²) in [4.78, 5) is 12.0. The van der Waals surface area contributed by atoms with Crippen LogP contribution in [0.2, 0.25) is 0 Å². The van der Waals surface area contributed by atoms with Gasteiger partial charge in [-0.3, -0.25) is 14.6 Å². The number of hydrogen-bond donors (Lipinski definition) is 2. The number of hydrogen-bond acceptors (Lipinski definition) is 5. The monoisotopic (exact) mass is 355 g/mol. The van der Waals surface area contributed by atoms with E-state index in [2.05, 4.69) is 5.10 Å². The number of nitrogens with one attached hydrogen (secondary N) is 1. The van der Waals surface area contributed by atoms with E-state index in [4.69, 9.17) is 19.9 Å². The van der Waals surface area contributed by atoms with Crippen LogP contribution in [0.1, 0.15) is 5.56 Å². The van der Waals surface area contributed by atoms with Gasteiger partial charge in [0.05, 0.1) is 32.7 Å². The number of nitrogens with zero attached hydrogens (tertiary/aromatic N) is 1. The van der Waals surface area contributed by atoms with Crippen LogP contribution < -0.4 is 25.5 Å². The summed E-state index contributed by atoms with van der Waals surface area (Å²) in [6.07, 6.45) is 0. The van der Waals surface area contributed by atoms with Crippen molar-refractivity contribution in [3.8, 4) is 34.2 Å². The van der Waals surface area contributed by atoms with E-state index in [0.717, 1.165) is 16.8 Å². The summed E-state index contributed by atoms with van der Waals surface area (Å²) in [5, 5.41) is 2.82. The van der Waals surface area contributed by atoms with Gasteiger partial charge in [0.25, 0.3) is 5.56 Å². The van der Waals surface area contributed by atoms with E-state index in [-0.39, 0.29) is 5.56 Å². The van der Waals surface area contributed by atoms with Crippen molar-refractivity contribution in [3.05, 3.63) is 58.4 Å². The highest BCUT2D eigenvalue weighted by atomic mass is 16.5. The van der Waals surface area contributed by atoms with Crippen molar-refractivity contribution in [2.75, 3.05) is 21.3 Å². The minimum absolute atomic E-state index is 0.211. The zero-order chi connectivity index (χ0) is 18.7. The molecule has 0 aliphatic heterocycles. The number of benzene rings is 2. The van der Waals surface area contributed by atoms with Gasteiger partial charge in [0.2, 0.25) is 5.75 Å². The second kappa shape index (κ2) is 7.37. The van der Waals surface area contributed by atoms with Gasteiger partial charge >= 0.3 is 0 Å². The van der Waals surface area contributed by atoms with Crippen molar-refractivity contribution < 1.29 is 14.2 Å². The molecule has 3 rings (SSSR count). The Bertz CT molecular complexity index is 933. The molecular formula is C19H21N3O4. The van der Waals surface area contributed by atoms with E-state index in [0.29, 0.717) is 29.5 Å². The van der Waals surface area contributed by atoms with Crippen molar-refractivity contribution in [2.45, 2.75) is 6.54 Å². The number of ether oxygens (including phenoxy) is 3. The molecule has 136 valence electrons. The van der Waals surface area contributed by atoms with Crippen molar-refractivity contribution in [1.82, 2.24) is 9.78 Å². The van der Waals surface area contributed by atoms with E-state index in [9.17, 15) is 4.79 Å². The molecule has 0 spiro atoms. The summed E-state index contributed by atoms with van der Waals surface area (Å²) in [5.74, 6) is 1.52. The first-order valence-corrected chi connectivity index (χ1v) is 8.03. The summed E-state index contributed by atoms with van der Waals surface area (Å²) < 4.78 is 17.9. The Labute approximate surface area is 150 Å². The number of aromatic amines is 1. The van der Waals surface area contributed by atoms with E-state index in [1.165, 1.54) is 6.07 Å². The van der Waals surface area contributed by atoms with E-state index < -0.39 is 0 Å². The molecule has 7 heteroatoms. The average Bonchev–Trinajstić information content (AvgIpc) is 3.08. The molecule has 0 radical (unpaired) electrons. The molecule has 3 N–H and O–H groups in total. The van der Waals surface area contributed by atoms with Crippen LogP contribution in [-0.2, 0) is 6.54 Å². The lowest BCUT2D eigenvalue weighted by Crippen LogP contribution is -2.05. The second-order valence-corrected chi connectivity index (χ2v) is 5.63. The molecule has 26 heavy (non-hydrogen) atoms. The molecule has 0 saturated heterocycles. The Hall–Kier alpha value is -3.19.